The molecule has 5 rings (SSSR count). The van der Waals surface area contributed by atoms with E-state index in [2.05, 4.69) is 53.9 Å². The van der Waals surface area contributed by atoms with Gasteiger partial charge in [0.25, 0.3) is 0 Å². The van der Waals surface area contributed by atoms with Gasteiger partial charge in [0.05, 0.1) is 5.52 Å². The monoisotopic (exact) mass is 377 g/mol. The molecule has 3 aromatic rings. The van der Waals surface area contributed by atoms with Crippen LogP contribution in [0.3, 0.4) is 0 Å². The summed E-state index contributed by atoms with van der Waals surface area (Å²) in [7, 11) is 2.20. The Bertz CT molecular complexity index is 1080. The highest BCUT2D eigenvalue weighted by Gasteiger charge is 2.23. The summed E-state index contributed by atoms with van der Waals surface area (Å²) >= 11 is 6.33. The van der Waals surface area contributed by atoms with Gasteiger partial charge in [-0.15, -0.1) is 0 Å². The van der Waals surface area contributed by atoms with Crippen LogP contribution in [-0.2, 0) is 19.4 Å². The first kappa shape index (κ1) is 17.0. The number of hydrogen-bond donors (Lipinski definition) is 0. The molecule has 0 atom stereocenters. The molecule has 2 aromatic heterocycles. The van der Waals surface area contributed by atoms with Crippen LogP contribution in [0.1, 0.15) is 41.1 Å². The Morgan fingerprint density at radius 3 is 2.89 bits per heavy atom. The average Bonchev–Trinajstić information content (AvgIpc) is 2.94. The molecule has 3 heterocycles. The van der Waals surface area contributed by atoms with E-state index in [0.29, 0.717) is 0 Å². The molecule has 138 valence electrons. The lowest BCUT2D eigenvalue weighted by Gasteiger charge is -2.24. The first-order chi connectivity index (χ1) is 13.1. The highest BCUT2D eigenvalue weighted by atomic mass is 35.5. The fourth-order valence-electron chi connectivity index (χ4n) is 4.61. The number of rotatable bonds is 1. The molecule has 1 aliphatic carbocycles. The van der Waals surface area contributed by atoms with Gasteiger partial charge in [0.1, 0.15) is 0 Å². The maximum atomic E-state index is 6.33. The highest BCUT2D eigenvalue weighted by molar-refractivity contribution is 6.31. The summed E-state index contributed by atoms with van der Waals surface area (Å²) in [6, 6.07) is 10.7. The lowest BCUT2D eigenvalue weighted by atomic mass is 9.91. The number of pyridine rings is 1. The molecule has 0 saturated heterocycles. The van der Waals surface area contributed by atoms with Crippen molar-refractivity contribution < 1.29 is 0 Å². The summed E-state index contributed by atoms with van der Waals surface area (Å²) in [5, 5.41) is 2.12. The maximum absolute atomic E-state index is 6.33. The fraction of sp³-hybridized carbons (Fsp3) is 0.348. The van der Waals surface area contributed by atoms with Crippen LogP contribution < -0.4 is 0 Å². The van der Waals surface area contributed by atoms with Gasteiger partial charge in [0, 0.05) is 52.3 Å². The zero-order valence-corrected chi connectivity index (χ0v) is 16.7. The number of hydrogen-bond acceptors (Lipinski definition) is 2. The quantitative estimate of drug-likeness (QED) is 0.572. The SMILES string of the molecule is Cc1ccc2c(n1)CCC/C2=C\n1c2c(c3cc(Cl)ccc31)CCN(C)C2. The van der Waals surface area contributed by atoms with Crippen molar-refractivity contribution in [2.75, 3.05) is 13.6 Å². The lowest BCUT2D eigenvalue weighted by Crippen LogP contribution is -2.27. The Kier molecular flexibility index (Phi) is 4.10. The topological polar surface area (TPSA) is 21.1 Å². The second kappa shape index (κ2) is 6.50. The number of halogens is 1. The predicted octanol–water partition coefficient (Wildman–Crippen LogP) is 5.32. The van der Waals surface area contributed by atoms with Crippen molar-refractivity contribution in [1.29, 1.82) is 0 Å². The van der Waals surface area contributed by atoms with E-state index >= 15 is 0 Å². The highest BCUT2D eigenvalue weighted by Crippen LogP contribution is 2.36. The molecule has 3 nitrogen and oxygen atoms in total. The minimum Gasteiger partial charge on any atom is -0.318 e. The molecule has 0 N–H and O–H groups in total. The fourth-order valence-corrected chi connectivity index (χ4v) is 4.78. The van der Waals surface area contributed by atoms with Crippen LogP contribution in [0.2, 0.25) is 5.02 Å². The van der Waals surface area contributed by atoms with E-state index in [1.165, 1.54) is 45.4 Å². The van der Waals surface area contributed by atoms with Crippen molar-refractivity contribution in [2.45, 2.75) is 39.2 Å². The molecule has 1 aromatic carbocycles. The van der Waals surface area contributed by atoms with E-state index in [-0.39, 0.29) is 0 Å². The second-order valence-corrected chi connectivity index (χ2v) is 8.34. The first-order valence-electron chi connectivity index (χ1n) is 9.77. The summed E-state index contributed by atoms with van der Waals surface area (Å²) in [6.45, 7) is 4.15. The van der Waals surface area contributed by atoms with Gasteiger partial charge in [0.15, 0.2) is 0 Å². The summed E-state index contributed by atoms with van der Waals surface area (Å²) in [4.78, 5) is 7.19. The smallest absolute Gasteiger partial charge is 0.0529 e. The van der Waals surface area contributed by atoms with Crippen molar-refractivity contribution in [3.05, 3.63) is 63.6 Å². The predicted molar refractivity (Wildman–Crippen MR) is 113 cm³/mol. The summed E-state index contributed by atoms with van der Waals surface area (Å²) < 4.78 is 2.42. The molecular formula is C23H24ClN3. The third-order valence-corrected chi connectivity index (χ3v) is 6.18. The minimum absolute atomic E-state index is 0.816. The Hall–Kier alpha value is -2.10. The van der Waals surface area contributed by atoms with Crippen LogP contribution >= 0.6 is 11.6 Å². The number of benzene rings is 1. The van der Waals surface area contributed by atoms with Gasteiger partial charge in [0.2, 0.25) is 0 Å². The van der Waals surface area contributed by atoms with Gasteiger partial charge < -0.3 is 9.47 Å². The van der Waals surface area contributed by atoms with E-state index in [4.69, 9.17) is 16.6 Å². The molecule has 0 bridgehead atoms. The molecule has 0 amide bonds. The Balaban J connectivity index is 1.73. The van der Waals surface area contributed by atoms with E-state index in [1.54, 1.807) is 0 Å². The number of allylic oxidation sites excluding steroid dienone is 1. The van der Waals surface area contributed by atoms with E-state index in [1.807, 2.05) is 6.07 Å². The van der Waals surface area contributed by atoms with E-state index in [0.717, 1.165) is 43.1 Å². The van der Waals surface area contributed by atoms with Gasteiger partial charge in [-0.3, -0.25) is 4.98 Å². The molecule has 27 heavy (non-hydrogen) atoms. The summed E-state index contributed by atoms with van der Waals surface area (Å²) in [5.41, 5.74) is 9.20. The zero-order valence-electron chi connectivity index (χ0n) is 15.9. The Morgan fingerprint density at radius 2 is 2.00 bits per heavy atom. The first-order valence-corrected chi connectivity index (χ1v) is 10.2. The third-order valence-electron chi connectivity index (χ3n) is 5.95. The van der Waals surface area contributed by atoms with Crippen molar-refractivity contribution >= 4 is 34.3 Å². The molecule has 4 heteroatoms. The number of nitrogens with zero attached hydrogens (tertiary/aromatic N) is 3. The molecule has 0 radical (unpaired) electrons. The summed E-state index contributed by atoms with van der Waals surface area (Å²) in [6.07, 6.45) is 6.80. The number of likely N-dealkylation sites (N-methyl/N-ethyl adjacent to an activating group) is 1. The molecule has 0 fully saturated rings. The Morgan fingerprint density at radius 1 is 1.11 bits per heavy atom. The molecular weight excluding hydrogens is 354 g/mol. The van der Waals surface area contributed by atoms with Crippen LogP contribution in [0, 0.1) is 6.92 Å². The van der Waals surface area contributed by atoms with Crippen molar-refractivity contribution in [3.8, 4) is 0 Å². The van der Waals surface area contributed by atoms with Gasteiger partial charge >= 0.3 is 0 Å². The van der Waals surface area contributed by atoms with Gasteiger partial charge in [-0.25, -0.2) is 0 Å². The average molecular weight is 378 g/mol. The molecule has 0 saturated carbocycles. The van der Waals surface area contributed by atoms with Crippen LogP contribution in [0.5, 0.6) is 0 Å². The van der Waals surface area contributed by atoms with Gasteiger partial charge in [-0.05, 0) is 75.1 Å². The van der Waals surface area contributed by atoms with Crippen molar-refractivity contribution in [1.82, 2.24) is 14.5 Å². The largest absolute Gasteiger partial charge is 0.318 e. The zero-order chi connectivity index (χ0) is 18.5. The number of fused-ring (bicyclic) bond motifs is 4. The molecule has 1 aliphatic heterocycles. The van der Waals surface area contributed by atoms with Crippen LogP contribution in [0.15, 0.2) is 30.3 Å². The van der Waals surface area contributed by atoms with Crippen LogP contribution in [0.25, 0.3) is 22.7 Å². The number of aromatic nitrogens is 2. The lowest BCUT2D eigenvalue weighted by molar-refractivity contribution is 0.308. The van der Waals surface area contributed by atoms with Gasteiger partial charge in [-0.1, -0.05) is 17.7 Å². The third kappa shape index (κ3) is 2.90. The Labute approximate surface area is 165 Å². The molecule has 2 aliphatic rings. The minimum atomic E-state index is 0.816. The van der Waals surface area contributed by atoms with Crippen molar-refractivity contribution in [2.24, 2.45) is 0 Å². The van der Waals surface area contributed by atoms with Crippen LogP contribution in [0.4, 0.5) is 0 Å². The van der Waals surface area contributed by atoms with E-state index in [9.17, 15) is 0 Å². The van der Waals surface area contributed by atoms with E-state index < -0.39 is 0 Å². The standard InChI is InChI=1S/C23H24ClN3/c1-15-6-8-18-16(4-3-5-21(18)25-15)13-27-22-9-7-17(24)12-20(22)19-10-11-26(2)14-23(19)27/h6-9,12-13H,3-5,10-11,14H2,1-2H3/b16-13+. The summed E-state index contributed by atoms with van der Waals surface area (Å²) in [5.74, 6) is 0. The van der Waals surface area contributed by atoms with Crippen molar-refractivity contribution in [3.63, 3.8) is 0 Å². The molecule has 0 unspecified atom stereocenters. The van der Waals surface area contributed by atoms with Crippen LogP contribution in [-0.4, -0.2) is 28.0 Å². The number of aryl methyl sites for hydroxylation is 2. The maximum Gasteiger partial charge on any atom is 0.0529 e. The second-order valence-electron chi connectivity index (χ2n) is 7.90. The van der Waals surface area contributed by atoms with Gasteiger partial charge in [-0.2, -0.15) is 0 Å². The normalized spacial score (nSPS) is 18.7. The molecule has 0 spiro atoms.